The summed E-state index contributed by atoms with van der Waals surface area (Å²) in [7, 11) is 0. The molecule has 1 amide bonds. The van der Waals surface area contributed by atoms with E-state index in [-0.39, 0.29) is 17.6 Å². The van der Waals surface area contributed by atoms with E-state index in [0.717, 1.165) is 32.2 Å². The number of ether oxygens (including phenoxy) is 1. The molecule has 0 spiro atoms. The van der Waals surface area contributed by atoms with Gasteiger partial charge in [0.05, 0.1) is 5.54 Å². The quantitative estimate of drug-likeness (QED) is 0.580. The lowest BCUT2D eigenvalue weighted by atomic mass is 9.61. The van der Waals surface area contributed by atoms with Crippen LogP contribution in [0, 0.1) is 11.8 Å². The smallest absolute Gasteiger partial charge is 0.410 e. The van der Waals surface area contributed by atoms with E-state index in [1.54, 1.807) is 11.0 Å². The third kappa shape index (κ3) is 3.65. The normalized spacial score (nSPS) is 32.9. The molecule has 5 nitrogen and oxygen atoms in total. The van der Waals surface area contributed by atoms with Gasteiger partial charge in [0.1, 0.15) is 5.60 Å². The molecule has 2 fully saturated rings. The molecule has 1 heterocycles. The first kappa shape index (κ1) is 16.0. The first-order valence-electron chi connectivity index (χ1n) is 7.83. The molecular formula is C16H26N2O3. The van der Waals surface area contributed by atoms with Crippen molar-refractivity contribution in [2.75, 3.05) is 13.1 Å². The van der Waals surface area contributed by atoms with Gasteiger partial charge >= 0.3 is 6.09 Å². The number of carbonyl (C=O) groups is 1. The third-order valence-corrected chi connectivity index (χ3v) is 4.51. The van der Waals surface area contributed by atoms with Crippen LogP contribution in [0.1, 0.15) is 53.4 Å². The second-order valence-corrected chi connectivity index (χ2v) is 7.59. The van der Waals surface area contributed by atoms with E-state index in [0.29, 0.717) is 12.5 Å². The minimum atomic E-state index is -0.479. The summed E-state index contributed by atoms with van der Waals surface area (Å²) in [5.41, 5.74) is -0.768. The predicted octanol–water partition coefficient (Wildman–Crippen LogP) is 3.14. The van der Waals surface area contributed by atoms with Crippen LogP contribution in [-0.2, 0) is 9.53 Å². The highest BCUT2D eigenvalue weighted by molar-refractivity contribution is 5.68. The molecule has 0 aromatic heterocycles. The molecule has 21 heavy (non-hydrogen) atoms. The van der Waals surface area contributed by atoms with Crippen molar-refractivity contribution in [1.29, 1.82) is 0 Å². The third-order valence-electron chi connectivity index (χ3n) is 4.51. The van der Waals surface area contributed by atoms with Crippen molar-refractivity contribution in [2.24, 2.45) is 16.8 Å². The Morgan fingerprint density at radius 1 is 1.38 bits per heavy atom. The van der Waals surface area contributed by atoms with E-state index in [1.165, 1.54) is 0 Å². The Kier molecular flexibility index (Phi) is 4.43. The van der Waals surface area contributed by atoms with Crippen molar-refractivity contribution in [2.45, 2.75) is 64.5 Å². The molecule has 1 saturated heterocycles. The maximum atomic E-state index is 12.2. The molecule has 1 aliphatic carbocycles. The summed E-state index contributed by atoms with van der Waals surface area (Å²) in [4.78, 5) is 28.9. The maximum absolute atomic E-state index is 12.2. The number of nitrogens with zero attached hydrogens (tertiary/aromatic N) is 2. The zero-order chi connectivity index (χ0) is 15.7. The van der Waals surface area contributed by atoms with Gasteiger partial charge in [0.2, 0.25) is 6.08 Å². The Labute approximate surface area is 126 Å². The lowest BCUT2D eigenvalue weighted by Gasteiger charge is -2.50. The van der Waals surface area contributed by atoms with E-state index in [1.807, 2.05) is 20.8 Å². The Bertz CT molecular complexity index is 443. The molecule has 0 bridgehead atoms. The van der Waals surface area contributed by atoms with Gasteiger partial charge < -0.3 is 9.64 Å². The molecule has 5 heteroatoms. The van der Waals surface area contributed by atoms with E-state index >= 15 is 0 Å². The van der Waals surface area contributed by atoms with Gasteiger partial charge in [-0.2, -0.15) is 4.99 Å². The Hall–Kier alpha value is -1.35. The predicted molar refractivity (Wildman–Crippen MR) is 79.8 cm³/mol. The van der Waals surface area contributed by atoms with E-state index in [2.05, 4.69) is 11.9 Å². The number of carbonyl (C=O) groups excluding carboxylic acids is 2. The fourth-order valence-electron chi connectivity index (χ4n) is 3.66. The van der Waals surface area contributed by atoms with Crippen LogP contribution in [0.3, 0.4) is 0 Å². The van der Waals surface area contributed by atoms with Crippen molar-refractivity contribution < 1.29 is 14.3 Å². The number of hydrogen-bond acceptors (Lipinski definition) is 4. The highest BCUT2D eigenvalue weighted by Gasteiger charge is 2.49. The zero-order valence-corrected chi connectivity index (χ0v) is 13.5. The summed E-state index contributed by atoms with van der Waals surface area (Å²) < 4.78 is 5.45. The number of hydrogen-bond donors (Lipinski definition) is 0. The molecule has 1 unspecified atom stereocenters. The Balaban J connectivity index is 2.03. The first-order valence-corrected chi connectivity index (χ1v) is 7.83. The molecule has 2 rings (SSSR count). The molecule has 2 aliphatic rings. The number of aliphatic imine (C=N–C) groups is 1. The largest absolute Gasteiger partial charge is 0.444 e. The summed E-state index contributed by atoms with van der Waals surface area (Å²) in [5, 5.41) is 0. The molecule has 1 aliphatic heterocycles. The highest BCUT2D eigenvalue weighted by Crippen LogP contribution is 2.48. The van der Waals surface area contributed by atoms with Crippen LogP contribution >= 0.6 is 0 Å². The maximum Gasteiger partial charge on any atom is 0.410 e. The van der Waals surface area contributed by atoms with Crippen LogP contribution in [0.15, 0.2) is 4.99 Å². The Morgan fingerprint density at radius 2 is 2.05 bits per heavy atom. The summed E-state index contributed by atoms with van der Waals surface area (Å²) in [6.07, 6.45) is 5.29. The van der Waals surface area contributed by atoms with E-state index < -0.39 is 5.60 Å². The van der Waals surface area contributed by atoms with Crippen LogP contribution in [-0.4, -0.2) is 41.3 Å². The second kappa shape index (κ2) is 5.80. The van der Waals surface area contributed by atoms with Gasteiger partial charge in [0.25, 0.3) is 0 Å². The van der Waals surface area contributed by atoms with Gasteiger partial charge in [0.15, 0.2) is 0 Å². The van der Waals surface area contributed by atoms with Crippen molar-refractivity contribution in [3.63, 3.8) is 0 Å². The monoisotopic (exact) mass is 294 g/mol. The summed E-state index contributed by atoms with van der Waals surface area (Å²) in [6.45, 7) is 9.15. The lowest BCUT2D eigenvalue weighted by molar-refractivity contribution is -0.000759. The number of isocyanates is 1. The van der Waals surface area contributed by atoms with Crippen LogP contribution in [0.2, 0.25) is 0 Å². The van der Waals surface area contributed by atoms with Crippen molar-refractivity contribution in [3.8, 4) is 0 Å². The molecule has 1 saturated carbocycles. The van der Waals surface area contributed by atoms with Gasteiger partial charge in [-0.3, -0.25) is 0 Å². The van der Waals surface area contributed by atoms with Gasteiger partial charge in [0, 0.05) is 19.0 Å². The van der Waals surface area contributed by atoms with Crippen molar-refractivity contribution in [3.05, 3.63) is 0 Å². The topological polar surface area (TPSA) is 59.0 Å². The fourth-order valence-corrected chi connectivity index (χ4v) is 3.66. The molecule has 0 aromatic rings. The van der Waals surface area contributed by atoms with Gasteiger partial charge in [-0.15, -0.1) is 0 Å². The molecular weight excluding hydrogens is 268 g/mol. The number of amides is 1. The van der Waals surface area contributed by atoms with Gasteiger partial charge in [-0.1, -0.05) is 6.92 Å². The van der Waals surface area contributed by atoms with Gasteiger partial charge in [-0.25, -0.2) is 9.59 Å². The molecule has 0 aromatic carbocycles. The summed E-state index contributed by atoms with van der Waals surface area (Å²) in [6, 6.07) is 0. The van der Waals surface area contributed by atoms with Crippen LogP contribution in [0.25, 0.3) is 0 Å². The minimum Gasteiger partial charge on any atom is -0.444 e. The highest BCUT2D eigenvalue weighted by atomic mass is 16.6. The standard InChI is InChI=1S/C16H26N2O3/c1-12-8-16(9-12,17-11-19)13-6-5-7-18(10-13)14(20)21-15(2,3)4/h12-13H,5-10H2,1-4H3. The van der Waals surface area contributed by atoms with Crippen LogP contribution in [0.4, 0.5) is 4.79 Å². The first-order chi connectivity index (χ1) is 9.76. The minimum absolute atomic E-state index is 0.247. The second-order valence-electron chi connectivity index (χ2n) is 7.59. The average molecular weight is 294 g/mol. The van der Waals surface area contributed by atoms with E-state index in [9.17, 15) is 9.59 Å². The number of likely N-dealkylation sites (tertiary alicyclic amines) is 1. The molecule has 118 valence electrons. The number of piperidine rings is 1. The van der Waals surface area contributed by atoms with Crippen molar-refractivity contribution in [1.82, 2.24) is 4.90 Å². The Morgan fingerprint density at radius 3 is 2.57 bits per heavy atom. The van der Waals surface area contributed by atoms with E-state index in [4.69, 9.17) is 4.74 Å². The van der Waals surface area contributed by atoms with Crippen molar-refractivity contribution >= 4 is 12.2 Å². The van der Waals surface area contributed by atoms with Gasteiger partial charge in [-0.05, 0) is 52.4 Å². The summed E-state index contributed by atoms with van der Waals surface area (Å²) >= 11 is 0. The SMILES string of the molecule is CC1CC(N=C=O)(C2CCCN(C(=O)OC(C)(C)C)C2)C1. The average Bonchev–Trinajstić information content (AvgIpc) is 2.35. The fraction of sp³-hybridized carbons (Fsp3) is 0.875. The summed E-state index contributed by atoms with van der Waals surface area (Å²) in [5.74, 6) is 0.843. The zero-order valence-electron chi connectivity index (χ0n) is 13.5. The molecule has 0 radical (unpaired) electrons. The molecule has 1 atom stereocenters. The number of rotatable bonds is 2. The van der Waals surface area contributed by atoms with Crippen LogP contribution in [0.5, 0.6) is 0 Å². The molecule has 0 N–H and O–H groups in total. The van der Waals surface area contributed by atoms with Crippen LogP contribution < -0.4 is 0 Å². The lowest BCUT2D eigenvalue weighted by Crippen LogP contribution is -2.54.